The summed E-state index contributed by atoms with van der Waals surface area (Å²) in [4.78, 5) is 0. The van der Waals surface area contributed by atoms with Crippen LogP contribution in [0, 0.1) is 19.9 Å². The molecule has 0 fully saturated rings. The molecular weight excluding hydrogens is 177 g/mol. The molecule has 0 saturated carbocycles. The van der Waals surface area contributed by atoms with Crippen molar-refractivity contribution >= 4 is 0 Å². The average molecular weight is 187 g/mol. The first-order valence-corrected chi connectivity index (χ1v) is 3.93. The molecule has 1 aromatic rings. The summed E-state index contributed by atoms with van der Waals surface area (Å²) >= 11 is 0. The molecule has 0 aromatic heterocycles. The average Bonchev–Trinajstić information content (AvgIpc) is 1.96. The van der Waals surface area contributed by atoms with Crippen molar-refractivity contribution in [2.24, 2.45) is 0 Å². The van der Waals surface area contributed by atoms with Crippen molar-refractivity contribution in [1.82, 2.24) is 0 Å². The Morgan fingerprint density at radius 3 is 2.46 bits per heavy atom. The summed E-state index contributed by atoms with van der Waals surface area (Å²) in [5.74, 6) is 0. The van der Waals surface area contributed by atoms with Crippen LogP contribution in [0.25, 0.3) is 0 Å². The normalized spacial score (nSPS) is 11.8. The van der Waals surface area contributed by atoms with Crippen molar-refractivity contribution in [1.29, 1.82) is 0 Å². The molecule has 0 spiro atoms. The molecule has 0 amide bonds. The minimum Gasteiger partial charge on any atom is -0.171 e. The van der Waals surface area contributed by atoms with Gasteiger partial charge in [-0.2, -0.15) is 13.2 Å². The van der Waals surface area contributed by atoms with Crippen molar-refractivity contribution in [2.75, 3.05) is 0 Å². The minimum absolute atomic E-state index is 0.337. The van der Waals surface area contributed by atoms with Gasteiger partial charge in [-0.3, -0.25) is 0 Å². The third-order valence-electron chi connectivity index (χ3n) is 2.02. The Morgan fingerprint density at radius 2 is 1.92 bits per heavy atom. The van der Waals surface area contributed by atoms with E-state index < -0.39 is 12.6 Å². The monoisotopic (exact) mass is 187 g/mol. The Kier molecular flexibility index (Phi) is 2.64. The summed E-state index contributed by atoms with van der Waals surface area (Å²) in [6, 6.07) is 5.86. The fraction of sp³-hybridized carbons (Fsp3) is 0.400. The van der Waals surface area contributed by atoms with Gasteiger partial charge in [-0.25, -0.2) is 0 Å². The second kappa shape index (κ2) is 3.40. The van der Waals surface area contributed by atoms with Crippen LogP contribution in [0.3, 0.4) is 0 Å². The highest BCUT2D eigenvalue weighted by molar-refractivity contribution is 5.32. The molecule has 0 aliphatic heterocycles. The molecule has 0 heterocycles. The summed E-state index contributed by atoms with van der Waals surface area (Å²) in [5, 5.41) is 0. The molecule has 0 bridgehead atoms. The highest BCUT2D eigenvalue weighted by atomic mass is 19.4. The quantitative estimate of drug-likeness (QED) is 0.633. The molecule has 13 heavy (non-hydrogen) atoms. The molecule has 3 heteroatoms. The molecule has 71 valence electrons. The van der Waals surface area contributed by atoms with Gasteiger partial charge in [-0.1, -0.05) is 12.1 Å². The van der Waals surface area contributed by atoms with Gasteiger partial charge in [0.15, 0.2) is 0 Å². The van der Waals surface area contributed by atoms with Gasteiger partial charge >= 0.3 is 6.18 Å². The molecule has 0 atom stereocenters. The van der Waals surface area contributed by atoms with Crippen LogP contribution in [0.15, 0.2) is 12.1 Å². The molecule has 0 aliphatic rings. The van der Waals surface area contributed by atoms with Crippen molar-refractivity contribution < 1.29 is 13.2 Å². The summed E-state index contributed by atoms with van der Waals surface area (Å²) in [6.07, 6.45) is -4.98. The molecule has 1 radical (unpaired) electrons. The van der Waals surface area contributed by atoms with E-state index in [1.807, 2.05) is 0 Å². The molecule has 0 nitrogen and oxygen atoms in total. The van der Waals surface area contributed by atoms with Crippen molar-refractivity contribution in [2.45, 2.75) is 26.4 Å². The lowest BCUT2D eigenvalue weighted by Gasteiger charge is -2.10. The van der Waals surface area contributed by atoms with E-state index in [2.05, 4.69) is 6.07 Å². The van der Waals surface area contributed by atoms with E-state index in [9.17, 15) is 13.2 Å². The highest BCUT2D eigenvalue weighted by Gasteiger charge is 2.28. The zero-order chi connectivity index (χ0) is 10.1. The lowest BCUT2D eigenvalue weighted by atomic mass is 10.0. The van der Waals surface area contributed by atoms with E-state index in [1.54, 1.807) is 13.8 Å². The fourth-order valence-electron chi connectivity index (χ4n) is 1.15. The van der Waals surface area contributed by atoms with E-state index in [-0.39, 0.29) is 0 Å². The van der Waals surface area contributed by atoms with Gasteiger partial charge in [-0.15, -0.1) is 0 Å². The van der Waals surface area contributed by atoms with Gasteiger partial charge in [0.25, 0.3) is 0 Å². The third-order valence-corrected chi connectivity index (χ3v) is 2.02. The summed E-state index contributed by atoms with van der Waals surface area (Å²) < 4.78 is 36.1. The predicted molar refractivity (Wildman–Crippen MR) is 44.5 cm³/mol. The van der Waals surface area contributed by atoms with Crippen LogP contribution in [0.2, 0.25) is 0 Å². The first-order chi connectivity index (χ1) is 5.90. The van der Waals surface area contributed by atoms with Gasteiger partial charge < -0.3 is 0 Å². The van der Waals surface area contributed by atoms with Crippen LogP contribution in [0.4, 0.5) is 13.2 Å². The van der Waals surface area contributed by atoms with Crippen LogP contribution in [-0.2, 0) is 6.42 Å². The molecule has 0 unspecified atom stereocenters. The second-order valence-corrected chi connectivity index (χ2v) is 3.04. The number of aryl methyl sites for hydroxylation is 1. The molecule has 1 rings (SSSR count). The first-order valence-electron chi connectivity index (χ1n) is 3.93. The van der Waals surface area contributed by atoms with Gasteiger partial charge in [0.1, 0.15) is 0 Å². The summed E-state index contributed by atoms with van der Waals surface area (Å²) in [5.41, 5.74) is 1.80. The lowest BCUT2D eigenvalue weighted by molar-refractivity contribution is -0.127. The lowest BCUT2D eigenvalue weighted by Crippen LogP contribution is -2.12. The summed E-state index contributed by atoms with van der Waals surface area (Å²) in [6.45, 7) is 3.45. The third kappa shape index (κ3) is 2.76. The number of alkyl halides is 3. The van der Waals surface area contributed by atoms with Gasteiger partial charge in [0.2, 0.25) is 0 Å². The minimum atomic E-state index is -4.13. The SMILES string of the molecule is Cc1[c]ccc(CC(F)(F)F)c1C. The van der Waals surface area contributed by atoms with Gasteiger partial charge in [0.05, 0.1) is 6.42 Å². The Hall–Kier alpha value is -0.990. The highest BCUT2D eigenvalue weighted by Crippen LogP contribution is 2.24. The smallest absolute Gasteiger partial charge is 0.171 e. The Bertz CT molecular complexity index is 300. The Labute approximate surface area is 75.4 Å². The van der Waals surface area contributed by atoms with Crippen molar-refractivity contribution in [3.05, 3.63) is 34.9 Å². The Balaban J connectivity index is 2.96. The van der Waals surface area contributed by atoms with Crippen LogP contribution >= 0.6 is 0 Å². The van der Waals surface area contributed by atoms with Gasteiger partial charge in [0, 0.05) is 0 Å². The van der Waals surface area contributed by atoms with Crippen LogP contribution in [0.5, 0.6) is 0 Å². The second-order valence-electron chi connectivity index (χ2n) is 3.04. The maximum atomic E-state index is 12.0. The Morgan fingerprint density at radius 1 is 1.31 bits per heavy atom. The number of rotatable bonds is 1. The van der Waals surface area contributed by atoms with Gasteiger partial charge in [-0.05, 0) is 36.6 Å². The molecule has 1 aromatic carbocycles. The zero-order valence-corrected chi connectivity index (χ0v) is 7.50. The maximum absolute atomic E-state index is 12.0. The number of benzene rings is 1. The van der Waals surface area contributed by atoms with E-state index in [1.165, 1.54) is 12.1 Å². The zero-order valence-electron chi connectivity index (χ0n) is 7.50. The van der Waals surface area contributed by atoms with E-state index >= 15 is 0 Å². The fourth-order valence-corrected chi connectivity index (χ4v) is 1.15. The molecule has 0 N–H and O–H groups in total. The maximum Gasteiger partial charge on any atom is 0.393 e. The van der Waals surface area contributed by atoms with Crippen LogP contribution < -0.4 is 0 Å². The van der Waals surface area contributed by atoms with E-state index in [0.29, 0.717) is 11.1 Å². The number of halogens is 3. The van der Waals surface area contributed by atoms with E-state index in [4.69, 9.17) is 0 Å². The molecule has 0 saturated heterocycles. The largest absolute Gasteiger partial charge is 0.393 e. The molecule has 0 aliphatic carbocycles. The summed E-state index contributed by atoms with van der Waals surface area (Å²) in [7, 11) is 0. The van der Waals surface area contributed by atoms with Crippen molar-refractivity contribution in [3.63, 3.8) is 0 Å². The first kappa shape index (κ1) is 10.1. The number of hydrogen-bond donors (Lipinski definition) is 0. The standard InChI is InChI=1S/C10H10F3/c1-7-4-3-5-9(8(7)2)6-10(11,12)13/h3,5H,6H2,1-2H3. The topological polar surface area (TPSA) is 0 Å². The van der Waals surface area contributed by atoms with Crippen LogP contribution in [-0.4, -0.2) is 6.18 Å². The van der Waals surface area contributed by atoms with Crippen LogP contribution in [0.1, 0.15) is 16.7 Å². The number of hydrogen-bond acceptors (Lipinski definition) is 0. The predicted octanol–water partition coefficient (Wildman–Crippen LogP) is 3.21. The van der Waals surface area contributed by atoms with Crippen molar-refractivity contribution in [3.8, 4) is 0 Å². The molecular formula is C10H10F3. The van der Waals surface area contributed by atoms with E-state index in [0.717, 1.165) is 5.56 Å².